The largest absolute Gasteiger partial charge is 0.316 e. The number of sulfone groups is 1. The summed E-state index contributed by atoms with van der Waals surface area (Å²) in [5, 5.41) is 2.75. The minimum atomic E-state index is -3.72. The van der Waals surface area contributed by atoms with Gasteiger partial charge in [-0.25, -0.2) is 17.2 Å². The minimum Gasteiger partial charge on any atom is -0.316 e. The molecule has 90 valence electrons. The van der Waals surface area contributed by atoms with Gasteiger partial charge in [-0.15, -0.1) is 0 Å². The van der Waals surface area contributed by atoms with E-state index in [1.54, 1.807) is 14.0 Å². The maximum Gasteiger partial charge on any atom is 0.182 e. The number of benzene rings is 1. The Morgan fingerprint density at radius 3 is 2.50 bits per heavy atom. The van der Waals surface area contributed by atoms with Gasteiger partial charge in [-0.3, -0.25) is 0 Å². The van der Waals surface area contributed by atoms with Gasteiger partial charge in [0.15, 0.2) is 9.84 Å². The summed E-state index contributed by atoms with van der Waals surface area (Å²) < 4.78 is 49.3. The summed E-state index contributed by atoms with van der Waals surface area (Å²) in [6, 6.07) is 2.15. The van der Waals surface area contributed by atoms with Crippen molar-refractivity contribution in [2.45, 2.75) is 17.9 Å². The molecule has 1 atom stereocenters. The molecule has 0 aliphatic heterocycles. The normalized spacial score (nSPS) is 13.8. The van der Waals surface area contributed by atoms with Gasteiger partial charge in [0.05, 0.1) is 5.75 Å². The average Bonchev–Trinajstić information content (AvgIpc) is 2.16. The van der Waals surface area contributed by atoms with Crippen LogP contribution < -0.4 is 5.32 Å². The highest BCUT2D eigenvalue weighted by molar-refractivity contribution is 7.91. The SMILES string of the molecule is CNC(C)CS(=O)(=O)c1ccc(F)cc1F. The van der Waals surface area contributed by atoms with Crippen LogP contribution in [-0.4, -0.2) is 27.3 Å². The van der Waals surface area contributed by atoms with Gasteiger partial charge in [0.25, 0.3) is 0 Å². The fourth-order valence-corrected chi connectivity index (χ4v) is 2.87. The highest BCUT2D eigenvalue weighted by atomic mass is 32.2. The monoisotopic (exact) mass is 249 g/mol. The molecule has 0 aliphatic carbocycles. The first kappa shape index (κ1) is 13.1. The van der Waals surface area contributed by atoms with Gasteiger partial charge < -0.3 is 5.32 Å². The van der Waals surface area contributed by atoms with Gasteiger partial charge in [0.2, 0.25) is 0 Å². The molecule has 0 spiro atoms. The molecule has 3 nitrogen and oxygen atoms in total. The Kier molecular flexibility index (Phi) is 3.98. The number of hydrogen-bond donors (Lipinski definition) is 1. The molecular formula is C10H13F2NO2S. The minimum absolute atomic E-state index is 0.230. The van der Waals surface area contributed by atoms with E-state index in [9.17, 15) is 17.2 Å². The standard InChI is InChI=1S/C10H13F2NO2S/c1-7(13-2)6-16(14,15)10-4-3-8(11)5-9(10)12/h3-5,7,13H,6H2,1-2H3. The van der Waals surface area contributed by atoms with Crippen LogP contribution in [0.5, 0.6) is 0 Å². The van der Waals surface area contributed by atoms with Crippen molar-refractivity contribution in [3.05, 3.63) is 29.8 Å². The van der Waals surface area contributed by atoms with Crippen LogP contribution in [0.4, 0.5) is 8.78 Å². The van der Waals surface area contributed by atoms with Crippen molar-refractivity contribution in [3.63, 3.8) is 0 Å². The molecule has 1 rings (SSSR count). The summed E-state index contributed by atoms with van der Waals surface area (Å²) in [4.78, 5) is -0.462. The number of hydrogen-bond acceptors (Lipinski definition) is 3. The summed E-state index contributed by atoms with van der Waals surface area (Å²) in [6.07, 6.45) is 0. The van der Waals surface area contributed by atoms with Crippen molar-refractivity contribution in [3.8, 4) is 0 Å². The quantitative estimate of drug-likeness (QED) is 0.819. The van der Waals surface area contributed by atoms with E-state index in [-0.39, 0.29) is 11.8 Å². The van der Waals surface area contributed by atoms with Crippen LogP contribution in [0.3, 0.4) is 0 Å². The van der Waals surface area contributed by atoms with Gasteiger partial charge in [-0.05, 0) is 26.1 Å². The van der Waals surface area contributed by atoms with E-state index >= 15 is 0 Å². The average molecular weight is 249 g/mol. The highest BCUT2D eigenvalue weighted by Crippen LogP contribution is 2.17. The van der Waals surface area contributed by atoms with Crippen molar-refractivity contribution in [2.75, 3.05) is 12.8 Å². The Labute approximate surface area is 93.4 Å². The molecule has 1 aromatic carbocycles. The molecule has 0 bridgehead atoms. The zero-order valence-corrected chi connectivity index (χ0v) is 9.81. The lowest BCUT2D eigenvalue weighted by Crippen LogP contribution is -2.30. The van der Waals surface area contributed by atoms with E-state index in [4.69, 9.17) is 0 Å². The predicted molar refractivity (Wildman–Crippen MR) is 56.9 cm³/mol. The van der Waals surface area contributed by atoms with E-state index in [1.807, 2.05) is 0 Å². The Hall–Kier alpha value is -1.01. The lowest BCUT2D eigenvalue weighted by atomic mass is 10.3. The molecule has 1 aromatic rings. The third-order valence-electron chi connectivity index (χ3n) is 2.19. The van der Waals surface area contributed by atoms with Crippen molar-refractivity contribution in [2.24, 2.45) is 0 Å². The zero-order valence-electron chi connectivity index (χ0n) is 9.00. The number of rotatable bonds is 4. The molecule has 0 aliphatic rings. The molecule has 0 amide bonds. The first-order valence-electron chi connectivity index (χ1n) is 4.72. The van der Waals surface area contributed by atoms with Gasteiger partial charge in [0.1, 0.15) is 16.5 Å². The molecule has 0 aromatic heterocycles. The Bertz CT molecular complexity index is 474. The van der Waals surface area contributed by atoms with Crippen molar-refractivity contribution in [1.82, 2.24) is 5.32 Å². The topological polar surface area (TPSA) is 46.2 Å². The summed E-state index contributed by atoms with van der Waals surface area (Å²) in [5.74, 6) is -2.08. The van der Waals surface area contributed by atoms with Crippen LogP contribution in [0.15, 0.2) is 23.1 Å². The molecule has 0 heterocycles. The first-order chi connectivity index (χ1) is 7.36. The molecule has 6 heteroatoms. The van der Waals surface area contributed by atoms with E-state index in [2.05, 4.69) is 5.32 Å². The third-order valence-corrected chi connectivity index (χ3v) is 4.13. The maximum absolute atomic E-state index is 13.3. The van der Waals surface area contributed by atoms with Crippen LogP contribution in [-0.2, 0) is 9.84 Å². The molecular weight excluding hydrogens is 236 g/mol. The maximum atomic E-state index is 13.3. The second kappa shape index (κ2) is 4.88. The summed E-state index contributed by atoms with van der Waals surface area (Å²) in [7, 11) is -2.11. The van der Waals surface area contributed by atoms with E-state index in [0.29, 0.717) is 6.07 Å². The molecule has 0 fully saturated rings. The smallest absolute Gasteiger partial charge is 0.182 e. The van der Waals surface area contributed by atoms with Crippen LogP contribution in [0.1, 0.15) is 6.92 Å². The molecule has 0 saturated carbocycles. The Morgan fingerprint density at radius 1 is 1.38 bits per heavy atom. The zero-order chi connectivity index (χ0) is 12.3. The first-order valence-corrected chi connectivity index (χ1v) is 6.37. The number of nitrogens with one attached hydrogen (secondary N) is 1. The van der Waals surface area contributed by atoms with E-state index < -0.39 is 26.4 Å². The molecule has 0 radical (unpaired) electrons. The van der Waals surface area contributed by atoms with Gasteiger partial charge in [-0.2, -0.15) is 0 Å². The molecule has 0 saturated heterocycles. The molecule has 1 unspecified atom stereocenters. The number of halogens is 2. The fraction of sp³-hybridized carbons (Fsp3) is 0.400. The van der Waals surface area contributed by atoms with Gasteiger partial charge >= 0.3 is 0 Å². The van der Waals surface area contributed by atoms with Crippen molar-refractivity contribution < 1.29 is 17.2 Å². The lowest BCUT2D eigenvalue weighted by molar-refractivity contribution is 0.543. The van der Waals surface area contributed by atoms with Gasteiger partial charge in [0, 0.05) is 12.1 Å². The lowest BCUT2D eigenvalue weighted by Gasteiger charge is -2.11. The second-order valence-corrected chi connectivity index (χ2v) is 5.55. The summed E-state index contributed by atoms with van der Waals surface area (Å²) in [6.45, 7) is 1.67. The highest BCUT2D eigenvalue weighted by Gasteiger charge is 2.21. The van der Waals surface area contributed by atoms with Crippen LogP contribution in [0, 0.1) is 11.6 Å². The predicted octanol–water partition coefficient (Wildman–Crippen LogP) is 1.35. The second-order valence-electron chi connectivity index (χ2n) is 3.55. The summed E-state index contributed by atoms with van der Waals surface area (Å²) in [5.41, 5.74) is 0. The van der Waals surface area contributed by atoms with Crippen LogP contribution >= 0.6 is 0 Å². The summed E-state index contributed by atoms with van der Waals surface area (Å²) >= 11 is 0. The fourth-order valence-electron chi connectivity index (χ4n) is 1.23. The van der Waals surface area contributed by atoms with E-state index in [1.165, 1.54) is 0 Å². The Morgan fingerprint density at radius 2 is 2.00 bits per heavy atom. The van der Waals surface area contributed by atoms with E-state index in [0.717, 1.165) is 12.1 Å². The molecule has 16 heavy (non-hydrogen) atoms. The third kappa shape index (κ3) is 2.99. The molecule has 1 N–H and O–H groups in total. The van der Waals surface area contributed by atoms with Crippen LogP contribution in [0.25, 0.3) is 0 Å². The van der Waals surface area contributed by atoms with Gasteiger partial charge in [-0.1, -0.05) is 0 Å². The van der Waals surface area contributed by atoms with Crippen molar-refractivity contribution in [1.29, 1.82) is 0 Å². The van der Waals surface area contributed by atoms with Crippen LogP contribution in [0.2, 0.25) is 0 Å². The van der Waals surface area contributed by atoms with Crippen molar-refractivity contribution >= 4 is 9.84 Å². The Balaban J connectivity index is 3.08.